The third-order valence-corrected chi connectivity index (χ3v) is 2.56. The molecule has 0 aliphatic heterocycles. The predicted molar refractivity (Wildman–Crippen MR) is 70.9 cm³/mol. The Hall–Kier alpha value is -2.77. The summed E-state index contributed by atoms with van der Waals surface area (Å²) in [5.41, 5.74) is 6.26. The molecular weight excluding hydrogens is 264 g/mol. The largest absolute Gasteiger partial charge is 0.497 e. The van der Waals surface area contributed by atoms with Crippen molar-refractivity contribution in [2.45, 2.75) is 6.92 Å². The van der Waals surface area contributed by atoms with Gasteiger partial charge in [0.05, 0.1) is 25.5 Å². The van der Waals surface area contributed by atoms with Crippen LogP contribution in [0, 0.1) is 6.92 Å². The number of nitrogens with two attached hydrogens (primary N) is 1. The molecule has 0 fully saturated rings. The molecule has 1 aromatic carbocycles. The van der Waals surface area contributed by atoms with Crippen LogP contribution in [0.1, 0.15) is 16.2 Å². The molecule has 0 bridgehead atoms. The minimum absolute atomic E-state index is 0.00585. The molecule has 2 rings (SSSR count). The van der Waals surface area contributed by atoms with Crippen molar-refractivity contribution in [1.29, 1.82) is 0 Å². The monoisotopic (exact) mass is 278 g/mol. The lowest BCUT2D eigenvalue weighted by molar-refractivity contribution is 0.102. The number of hydrogen-bond donors (Lipinski definition) is 2. The second-order valence-electron chi connectivity index (χ2n) is 3.87. The molecule has 20 heavy (non-hydrogen) atoms. The molecule has 106 valence electrons. The maximum absolute atomic E-state index is 12.2. The Kier molecular flexibility index (Phi) is 3.74. The fourth-order valence-corrected chi connectivity index (χ4v) is 1.59. The second-order valence-corrected chi connectivity index (χ2v) is 3.87. The number of hydrogen-bond acceptors (Lipinski definition) is 7. The molecule has 8 nitrogen and oxygen atoms in total. The van der Waals surface area contributed by atoms with E-state index in [0.717, 1.165) is 0 Å². The zero-order valence-electron chi connectivity index (χ0n) is 11.3. The summed E-state index contributed by atoms with van der Waals surface area (Å²) in [6, 6.07) is 3.08. The molecule has 0 unspecified atom stereocenters. The number of aromatic nitrogens is 2. The highest BCUT2D eigenvalue weighted by Crippen LogP contribution is 2.31. The highest BCUT2D eigenvalue weighted by atomic mass is 16.5. The van der Waals surface area contributed by atoms with Crippen LogP contribution in [0.25, 0.3) is 0 Å². The number of ether oxygens (including phenoxy) is 2. The molecule has 0 saturated carbocycles. The first kappa shape index (κ1) is 13.7. The summed E-state index contributed by atoms with van der Waals surface area (Å²) in [6.45, 7) is 1.62. The SMILES string of the molecule is COc1cc(OC)c(N)c(C(=O)Nc2nnc(C)o2)c1. The van der Waals surface area contributed by atoms with Gasteiger partial charge >= 0.3 is 6.01 Å². The van der Waals surface area contributed by atoms with Crippen LogP contribution in [0.2, 0.25) is 0 Å². The number of amides is 1. The Labute approximate surface area is 114 Å². The molecule has 0 atom stereocenters. The fourth-order valence-electron chi connectivity index (χ4n) is 1.59. The molecule has 0 saturated heterocycles. The number of carbonyl (C=O) groups is 1. The van der Waals surface area contributed by atoms with E-state index in [4.69, 9.17) is 19.6 Å². The molecule has 0 spiro atoms. The molecular formula is C12H14N4O4. The van der Waals surface area contributed by atoms with Crippen LogP contribution in [-0.2, 0) is 0 Å². The van der Waals surface area contributed by atoms with Gasteiger partial charge in [-0.05, 0) is 6.07 Å². The van der Waals surface area contributed by atoms with Gasteiger partial charge in [-0.3, -0.25) is 10.1 Å². The van der Waals surface area contributed by atoms with E-state index in [-0.39, 0.29) is 17.3 Å². The zero-order valence-corrected chi connectivity index (χ0v) is 11.3. The smallest absolute Gasteiger partial charge is 0.322 e. The standard InChI is InChI=1S/C12H14N4O4/c1-6-15-16-12(20-6)14-11(17)8-4-7(18-2)5-9(19-3)10(8)13/h4-5H,13H2,1-3H3,(H,14,16,17). The third kappa shape index (κ3) is 2.63. The van der Waals surface area contributed by atoms with Gasteiger partial charge in [0.1, 0.15) is 11.5 Å². The van der Waals surface area contributed by atoms with Gasteiger partial charge in [0, 0.05) is 13.0 Å². The second kappa shape index (κ2) is 5.47. The average Bonchev–Trinajstić information content (AvgIpc) is 2.84. The van der Waals surface area contributed by atoms with Crippen molar-refractivity contribution < 1.29 is 18.7 Å². The number of nitrogens with zero attached hydrogens (tertiary/aromatic N) is 2. The average molecular weight is 278 g/mol. The first-order chi connectivity index (χ1) is 9.55. The van der Waals surface area contributed by atoms with E-state index in [9.17, 15) is 4.79 Å². The lowest BCUT2D eigenvalue weighted by Crippen LogP contribution is -2.15. The Morgan fingerprint density at radius 3 is 2.60 bits per heavy atom. The maximum atomic E-state index is 12.2. The Morgan fingerprint density at radius 2 is 2.05 bits per heavy atom. The van der Waals surface area contributed by atoms with Gasteiger partial charge in [-0.25, -0.2) is 0 Å². The van der Waals surface area contributed by atoms with Crippen LogP contribution in [0.15, 0.2) is 16.5 Å². The van der Waals surface area contributed by atoms with Crippen LogP contribution in [0.5, 0.6) is 11.5 Å². The maximum Gasteiger partial charge on any atom is 0.322 e. The zero-order chi connectivity index (χ0) is 14.7. The van der Waals surface area contributed by atoms with Gasteiger partial charge in [0.25, 0.3) is 5.91 Å². The lowest BCUT2D eigenvalue weighted by Gasteiger charge is -2.11. The minimum Gasteiger partial charge on any atom is -0.497 e. The van der Waals surface area contributed by atoms with Gasteiger partial charge < -0.3 is 19.6 Å². The summed E-state index contributed by atoms with van der Waals surface area (Å²) in [5, 5.41) is 9.74. The van der Waals surface area contributed by atoms with Crippen LogP contribution >= 0.6 is 0 Å². The molecule has 0 radical (unpaired) electrons. The number of benzene rings is 1. The van der Waals surface area contributed by atoms with Crippen molar-refractivity contribution in [3.63, 3.8) is 0 Å². The van der Waals surface area contributed by atoms with Crippen molar-refractivity contribution in [1.82, 2.24) is 10.2 Å². The molecule has 0 aliphatic rings. The number of methoxy groups -OCH3 is 2. The summed E-state index contributed by atoms with van der Waals surface area (Å²) in [6.07, 6.45) is 0. The van der Waals surface area contributed by atoms with Gasteiger partial charge in [-0.15, -0.1) is 5.10 Å². The first-order valence-corrected chi connectivity index (χ1v) is 5.68. The number of carbonyl (C=O) groups excluding carboxylic acids is 1. The first-order valence-electron chi connectivity index (χ1n) is 5.68. The number of rotatable bonds is 4. The number of aryl methyl sites for hydroxylation is 1. The van der Waals surface area contributed by atoms with E-state index in [0.29, 0.717) is 17.4 Å². The van der Waals surface area contributed by atoms with Crippen molar-refractivity contribution in [3.05, 3.63) is 23.6 Å². The Bertz CT molecular complexity index is 638. The highest BCUT2D eigenvalue weighted by molar-refractivity contribution is 6.08. The Balaban J connectivity index is 2.33. The van der Waals surface area contributed by atoms with E-state index >= 15 is 0 Å². The number of nitrogens with one attached hydrogen (secondary N) is 1. The van der Waals surface area contributed by atoms with Crippen LogP contribution in [0.3, 0.4) is 0 Å². The quantitative estimate of drug-likeness (QED) is 0.808. The van der Waals surface area contributed by atoms with Gasteiger partial charge in [-0.2, -0.15) is 0 Å². The Morgan fingerprint density at radius 1 is 1.30 bits per heavy atom. The fraction of sp³-hybridized carbons (Fsp3) is 0.250. The van der Waals surface area contributed by atoms with E-state index < -0.39 is 5.91 Å². The molecule has 1 heterocycles. The minimum atomic E-state index is -0.497. The van der Waals surface area contributed by atoms with Gasteiger partial charge in [-0.1, -0.05) is 5.10 Å². The van der Waals surface area contributed by atoms with Crippen LogP contribution < -0.4 is 20.5 Å². The summed E-state index contributed by atoms with van der Waals surface area (Å²) >= 11 is 0. The third-order valence-electron chi connectivity index (χ3n) is 2.56. The normalized spacial score (nSPS) is 10.2. The summed E-state index contributed by atoms with van der Waals surface area (Å²) in [7, 11) is 2.93. The van der Waals surface area contributed by atoms with E-state index in [1.165, 1.54) is 20.3 Å². The summed E-state index contributed by atoms with van der Waals surface area (Å²) in [4.78, 5) is 12.2. The lowest BCUT2D eigenvalue weighted by atomic mass is 10.1. The summed E-state index contributed by atoms with van der Waals surface area (Å²) < 4.78 is 15.3. The van der Waals surface area contributed by atoms with Crippen molar-refractivity contribution in [2.24, 2.45) is 0 Å². The topological polar surface area (TPSA) is 112 Å². The van der Waals surface area contributed by atoms with Crippen LogP contribution in [-0.4, -0.2) is 30.3 Å². The summed E-state index contributed by atoms with van der Waals surface area (Å²) in [5.74, 6) is 0.638. The van der Waals surface area contributed by atoms with E-state index in [2.05, 4.69) is 15.5 Å². The molecule has 1 amide bonds. The van der Waals surface area contributed by atoms with Gasteiger partial charge in [0.2, 0.25) is 5.89 Å². The van der Waals surface area contributed by atoms with Crippen molar-refractivity contribution in [2.75, 3.05) is 25.3 Å². The van der Waals surface area contributed by atoms with Gasteiger partial charge in [0.15, 0.2) is 0 Å². The van der Waals surface area contributed by atoms with E-state index in [1.54, 1.807) is 13.0 Å². The van der Waals surface area contributed by atoms with Crippen molar-refractivity contribution >= 4 is 17.6 Å². The molecule has 1 aromatic heterocycles. The van der Waals surface area contributed by atoms with Crippen molar-refractivity contribution in [3.8, 4) is 11.5 Å². The molecule has 0 aliphatic carbocycles. The predicted octanol–water partition coefficient (Wildman–Crippen LogP) is 1.23. The van der Waals surface area contributed by atoms with Crippen LogP contribution in [0.4, 0.5) is 11.7 Å². The molecule has 2 aromatic rings. The molecule has 3 N–H and O–H groups in total. The highest BCUT2D eigenvalue weighted by Gasteiger charge is 2.18. The molecule has 8 heteroatoms. The number of nitrogen functional groups attached to an aromatic ring is 1. The van der Waals surface area contributed by atoms with E-state index in [1.807, 2.05) is 0 Å². The number of anilines is 2.